The number of aromatic amines is 1. The summed E-state index contributed by atoms with van der Waals surface area (Å²) in [5.74, 6) is -2.52. The van der Waals surface area contributed by atoms with Crippen molar-refractivity contribution in [2.24, 2.45) is 5.73 Å². The van der Waals surface area contributed by atoms with Crippen LogP contribution in [-0.4, -0.2) is 34.4 Å². The fourth-order valence-electron chi connectivity index (χ4n) is 2.84. The molecule has 0 unspecified atom stereocenters. The van der Waals surface area contributed by atoms with E-state index in [0.717, 1.165) is 18.3 Å². The number of alkyl halides is 3. The summed E-state index contributed by atoms with van der Waals surface area (Å²) in [4.78, 5) is 37.6. The number of carboxylic acid groups (broad SMARTS) is 1. The number of anilines is 2. The molecule has 0 saturated carbocycles. The molecule has 166 valence electrons. The number of ether oxygens (including phenoxy) is 1. The second-order valence-corrected chi connectivity index (χ2v) is 6.35. The van der Waals surface area contributed by atoms with Crippen LogP contribution in [0.1, 0.15) is 20.8 Å². The summed E-state index contributed by atoms with van der Waals surface area (Å²) in [7, 11) is 0. The SMILES string of the molecule is NC(=O)c1[nH]cc(C(=O)O)c1-c1ccc(NC(=O)Nc2ccc(OC(F)(F)F)cc2)cc1. The van der Waals surface area contributed by atoms with Gasteiger partial charge in [-0.1, -0.05) is 12.1 Å². The Kier molecular flexibility index (Phi) is 6.05. The van der Waals surface area contributed by atoms with E-state index in [0.29, 0.717) is 11.3 Å². The van der Waals surface area contributed by atoms with Crippen LogP contribution in [0.25, 0.3) is 11.1 Å². The topological polar surface area (TPSA) is 147 Å². The maximum Gasteiger partial charge on any atom is 0.573 e. The summed E-state index contributed by atoms with van der Waals surface area (Å²) in [6.07, 6.45) is -3.66. The van der Waals surface area contributed by atoms with Crippen molar-refractivity contribution in [3.63, 3.8) is 0 Å². The van der Waals surface area contributed by atoms with Crippen molar-refractivity contribution in [2.75, 3.05) is 10.6 Å². The van der Waals surface area contributed by atoms with Crippen molar-refractivity contribution in [1.82, 2.24) is 4.98 Å². The Morgan fingerprint density at radius 3 is 1.94 bits per heavy atom. The predicted molar refractivity (Wildman–Crippen MR) is 107 cm³/mol. The molecule has 3 amide bonds. The van der Waals surface area contributed by atoms with Gasteiger partial charge in [-0.25, -0.2) is 9.59 Å². The van der Waals surface area contributed by atoms with Gasteiger partial charge in [0.2, 0.25) is 0 Å². The Balaban J connectivity index is 1.69. The molecule has 0 fully saturated rings. The van der Waals surface area contributed by atoms with E-state index in [9.17, 15) is 32.7 Å². The second kappa shape index (κ2) is 8.71. The lowest BCUT2D eigenvalue weighted by molar-refractivity contribution is -0.274. The minimum absolute atomic E-state index is 0.0706. The molecular formula is C20H15F3N4O5. The van der Waals surface area contributed by atoms with Crippen molar-refractivity contribution in [3.05, 3.63) is 66.0 Å². The third kappa shape index (κ3) is 5.36. The van der Waals surface area contributed by atoms with E-state index in [1.54, 1.807) is 0 Å². The van der Waals surface area contributed by atoms with Crippen molar-refractivity contribution in [1.29, 1.82) is 0 Å². The first-order chi connectivity index (χ1) is 15.0. The fraction of sp³-hybridized carbons (Fsp3) is 0.0500. The van der Waals surface area contributed by atoms with Crippen molar-refractivity contribution >= 4 is 29.3 Å². The third-order valence-corrected chi connectivity index (χ3v) is 4.13. The van der Waals surface area contributed by atoms with Gasteiger partial charge in [0.05, 0.1) is 5.56 Å². The highest BCUT2D eigenvalue weighted by Crippen LogP contribution is 2.29. The molecule has 2 aromatic carbocycles. The van der Waals surface area contributed by atoms with Gasteiger partial charge in [-0.2, -0.15) is 0 Å². The summed E-state index contributed by atoms with van der Waals surface area (Å²) in [5.41, 5.74) is 6.11. The van der Waals surface area contributed by atoms with Gasteiger partial charge in [0.1, 0.15) is 11.4 Å². The minimum atomic E-state index is -4.82. The summed E-state index contributed by atoms with van der Waals surface area (Å²) < 4.78 is 40.3. The van der Waals surface area contributed by atoms with Crippen LogP contribution in [0.2, 0.25) is 0 Å². The number of urea groups is 1. The average Bonchev–Trinajstić information content (AvgIpc) is 3.15. The number of amides is 3. The highest BCUT2D eigenvalue weighted by Gasteiger charge is 2.31. The third-order valence-electron chi connectivity index (χ3n) is 4.13. The summed E-state index contributed by atoms with van der Waals surface area (Å²) in [6, 6.07) is 9.80. The lowest BCUT2D eigenvalue weighted by Crippen LogP contribution is -2.19. The van der Waals surface area contributed by atoms with E-state index in [4.69, 9.17) is 5.73 Å². The quantitative estimate of drug-likeness (QED) is 0.387. The fourth-order valence-corrected chi connectivity index (χ4v) is 2.84. The maximum atomic E-state index is 12.2. The Morgan fingerprint density at radius 2 is 1.47 bits per heavy atom. The molecule has 0 atom stereocenters. The average molecular weight is 448 g/mol. The molecule has 9 nitrogen and oxygen atoms in total. The number of nitrogens with one attached hydrogen (secondary N) is 3. The van der Waals surface area contributed by atoms with E-state index in [1.807, 2.05) is 0 Å². The lowest BCUT2D eigenvalue weighted by atomic mass is 10.0. The number of benzene rings is 2. The number of H-pyrrole nitrogens is 1. The Morgan fingerprint density at radius 1 is 0.938 bits per heavy atom. The van der Waals surface area contributed by atoms with E-state index < -0.39 is 30.0 Å². The van der Waals surface area contributed by atoms with E-state index in [1.165, 1.54) is 36.4 Å². The number of halogens is 3. The largest absolute Gasteiger partial charge is 0.573 e. The molecule has 12 heteroatoms. The van der Waals surface area contributed by atoms with Crippen LogP contribution < -0.4 is 21.1 Å². The van der Waals surface area contributed by atoms with Crippen molar-refractivity contribution < 1.29 is 37.4 Å². The van der Waals surface area contributed by atoms with Crippen molar-refractivity contribution in [3.8, 4) is 16.9 Å². The van der Waals surface area contributed by atoms with Gasteiger partial charge in [-0.05, 0) is 42.0 Å². The van der Waals surface area contributed by atoms with Crippen LogP contribution in [0.5, 0.6) is 5.75 Å². The van der Waals surface area contributed by atoms with Crippen LogP contribution in [-0.2, 0) is 0 Å². The lowest BCUT2D eigenvalue weighted by Gasteiger charge is -2.11. The smallest absolute Gasteiger partial charge is 0.478 e. The zero-order chi connectivity index (χ0) is 23.5. The standard InChI is InChI=1S/C20H15F3N4O5/c21-20(22,23)32-13-7-5-12(6-8-13)27-19(31)26-11-3-1-10(2-4-11)15-14(18(29)30)9-25-16(15)17(24)28/h1-9,25H,(H2,24,28)(H,29,30)(H2,26,27,31). The van der Waals surface area contributed by atoms with E-state index >= 15 is 0 Å². The van der Waals surface area contributed by atoms with E-state index in [-0.39, 0.29) is 22.5 Å². The van der Waals surface area contributed by atoms with Crippen LogP contribution in [0.4, 0.5) is 29.3 Å². The molecule has 0 aliphatic carbocycles. The number of nitrogens with two attached hydrogens (primary N) is 1. The Bertz CT molecular complexity index is 1120. The monoisotopic (exact) mass is 448 g/mol. The van der Waals surface area contributed by atoms with Crippen molar-refractivity contribution in [2.45, 2.75) is 6.36 Å². The molecule has 1 aromatic heterocycles. The number of rotatable bonds is 6. The normalized spacial score (nSPS) is 11.0. The Labute approximate surface area is 178 Å². The zero-order valence-electron chi connectivity index (χ0n) is 16.0. The number of carbonyl (C=O) groups excluding carboxylic acids is 2. The molecule has 6 N–H and O–H groups in total. The predicted octanol–water partition coefficient (Wildman–Crippen LogP) is 4.02. The summed E-state index contributed by atoms with van der Waals surface area (Å²) in [5, 5.41) is 14.3. The molecule has 0 spiro atoms. The minimum Gasteiger partial charge on any atom is -0.478 e. The van der Waals surface area contributed by atoms with Gasteiger partial charge in [0.15, 0.2) is 0 Å². The van der Waals surface area contributed by atoms with Gasteiger partial charge >= 0.3 is 18.4 Å². The number of hydrogen-bond acceptors (Lipinski definition) is 4. The number of aromatic nitrogens is 1. The number of aromatic carboxylic acids is 1. The molecule has 0 saturated heterocycles. The van der Waals surface area contributed by atoms with Gasteiger partial charge in [0.25, 0.3) is 5.91 Å². The highest BCUT2D eigenvalue weighted by atomic mass is 19.4. The Hall–Kier alpha value is -4.48. The molecule has 0 aliphatic rings. The summed E-state index contributed by atoms with van der Waals surface area (Å²) >= 11 is 0. The van der Waals surface area contributed by atoms with E-state index in [2.05, 4.69) is 20.4 Å². The second-order valence-electron chi connectivity index (χ2n) is 6.35. The molecule has 32 heavy (non-hydrogen) atoms. The van der Waals surface area contributed by atoms with Gasteiger partial charge < -0.3 is 31.2 Å². The van der Waals surface area contributed by atoms with Crippen LogP contribution >= 0.6 is 0 Å². The van der Waals surface area contributed by atoms with Crippen LogP contribution in [0.3, 0.4) is 0 Å². The van der Waals surface area contributed by atoms with Crippen LogP contribution in [0.15, 0.2) is 54.7 Å². The van der Waals surface area contributed by atoms with Crippen LogP contribution in [0, 0.1) is 0 Å². The molecule has 0 radical (unpaired) electrons. The number of hydrogen-bond donors (Lipinski definition) is 5. The highest BCUT2D eigenvalue weighted by molar-refractivity contribution is 6.06. The first-order valence-electron chi connectivity index (χ1n) is 8.82. The first-order valence-corrected chi connectivity index (χ1v) is 8.82. The van der Waals surface area contributed by atoms with Gasteiger partial charge in [0, 0.05) is 23.1 Å². The molecule has 3 rings (SSSR count). The summed E-state index contributed by atoms with van der Waals surface area (Å²) in [6.45, 7) is 0. The molecule has 0 bridgehead atoms. The number of carboxylic acids is 1. The molecule has 0 aliphatic heterocycles. The molecule has 1 heterocycles. The number of carbonyl (C=O) groups is 3. The van der Waals surface area contributed by atoms with Gasteiger partial charge in [-0.15, -0.1) is 13.2 Å². The van der Waals surface area contributed by atoms with Gasteiger partial charge in [-0.3, -0.25) is 4.79 Å². The maximum absolute atomic E-state index is 12.2. The molecular weight excluding hydrogens is 433 g/mol. The first kappa shape index (κ1) is 22.2. The zero-order valence-corrected chi connectivity index (χ0v) is 16.0. The molecule has 3 aromatic rings. The number of primary amides is 1.